The average Bonchev–Trinajstić information content (AvgIpc) is 3.23. The van der Waals surface area contributed by atoms with Crippen LogP contribution in [0, 0.1) is 5.82 Å². The molecule has 37 heavy (non-hydrogen) atoms. The second-order valence-electron chi connectivity index (χ2n) is 8.45. The van der Waals surface area contributed by atoms with Crippen molar-refractivity contribution in [1.29, 1.82) is 0 Å². The Balaban J connectivity index is 1.66. The molecule has 14 heteroatoms. The van der Waals surface area contributed by atoms with Gasteiger partial charge < -0.3 is 9.47 Å². The zero-order chi connectivity index (χ0) is 27.0. The van der Waals surface area contributed by atoms with Crippen molar-refractivity contribution in [3.05, 3.63) is 86.8 Å². The third-order valence-electron chi connectivity index (χ3n) is 5.84. The summed E-state index contributed by atoms with van der Waals surface area (Å²) in [6, 6.07) is 5.79. The SMILES string of the molecule is C[C@H](O[C@@H]1OCCN(Cc2n[nH]c(=O)[nH]2)[C@H]1c1ccc(F)cc1)c1cc(C(F)(F)F)cc(C(F)(F)F)c1. The molecule has 200 valence electrons. The van der Waals surface area contributed by atoms with E-state index >= 15 is 0 Å². The summed E-state index contributed by atoms with van der Waals surface area (Å²) in [5, 5.41) is 6.10. The normalized spacial score (nSPS) is 20.2. The number of hydrogen-bond donors (Lipinski definition) is 2. The number of nitrogens with one attached hydrogen (secondary N) is 2. The molecule has 0 aliphatic carbocycles. The largest absolute Gasteiger partial charge is 0.416 e. The van der Waals surface area contributed by atoms with Crippen molar-refractivity contribution < 1.29 is 40.2 Å². The van der Waals surface area contributed by atoms with Gasteiger partial charge in [-0.1, -0.05) is 12.1 Å². The first-order valence-electron chi connectivity index (χ1n) is 11.0. The Hall–Kier alpha value is -3.23. The third-order valence-corrected chi connectivity index (χ3v) is 5.84. The minimum Gasteiger partial charge on any atom is -0.349 e. The smallest absolute Gasteiger partial charge is 0.349 e. The summed E-state index contributed by atoms with van der Waals surface area (Å²) >= 11 is 0. The lowest BCUT2D eigenvalue weighted by atomic mass is 10.0. The fourth-order valence-electron chi connectivity index (χ4n) is 4.07. The first kappa shape index (κ1) is 26.8. The van der Waals surface area contributed by atoms with Crippen molar-refractivity contribution in [1.82, 2.24) is 20.1 Å². The van der Waals surface area contributed by atoms with E-state index < -0.39 is 53.4 Å². The van der Waals surface area contributed by atoms with Crippen LogP contribution < -0.4 is 5.69 Å². The lowest BCUT2D eigenvalue weighted by Crippen LogP contribution is -2.46. The molecule has 2 aromatic carbocycles. The number of hydrogen-bond acceptors (Lipinski definition) is 5. The van der Waals surface area contributed by atoms with E-state index in [1.165, 1.54) is 31.2 Å². The predicted molar refractivity (Wildman–Crippen MR) is 114 cm³/mol. The van der Waals surface area contributed by atoms with E-state index in [-0.39, 0.29) is 30.6 Å². The number of H-pyrrole nitrogens is 2. The van der Waals surface area contributed by atoms with Gasteiger partial charge in [-0.2, -0.15) is 31.4 Å². The van der Waals surface area contributed by atoms with Gasteiger partial charge in [-0.05, 0) is 48.4 Å². The lowest BCUT2D eigenvalue weighted by molar-refractivity contribution is -0.231. The van der Waals surface area contributed by atoms with Crippen LogP contribution in [0.2, 0.25) is 0 Å². The fraction of sp³-hybridized carbons (Fsp3) is 0.391. The summed E-state index contributed by atoms with van der Waals surface area (Å²) in [6.45, 7) is 1.82. The summed E-state index contributed by atoms with van der Waals surface area (Å²) in [5.41, 5.74) is -3.30. The molecule has 1 fully saturated rings. The first-order chi connectivity index (χ1) is 17.3. The van der Waals surface area contributed by atoms with Gasteiger partial charge in [0.1, 0.15) is 11.6 Å². The van der Waals surface area contributed by atoms with Crippen molar-refractivity contribution in [3.8, 4) is 0 Å². The van der Waals surface area contributed by atoms with Gasteiger partial charge in [0, 0.05) is 6.54 Å². The molecule has 1 aromatic heterocycles. The highest BCUT2D eigenvalue weighted by Crippen LogP contribution is 2.39. The third kappa shape index (κ3) is 6.37. The minimum absolute atomic E-state index is 0.0427. The molecule has 0 amide bonds. The van der Waals surface area contributed by atoms with Gasteiger partial charge in [0.05, 0.1) is 36.4 Å². The van der Waals surface area contributed by atoms with Crippen molar-refractivity contribution >= 4 is 0 Å². The predicted octanol–water partition coefficient (Wildman–Crippen LogP) is 4.95. The number of ether oxygens (including phenoxy) is 2. The molecule has 3 aromatic rings. The summed E-state index contributed by atoms with van der Waals surface area (Å²) in [5.74, 6) is -0.239. The number of rotatable bonds is 6. The second kappa shape index (κ2) is 10.3. The van der Waals surface area contributed by atoms with Crippen LogP contribution in [-0.4, -0.2) is 39.5 Å². The number of aromatic nitrogens is 3. The van der Waals surface area contributed by atoms with Crippen molar-refractivity contribution in [3.63, 3.8) is 0 Å². The monoisotopic (exact) mass is 534 g/mol. The molecule has 4 rings (SSSR count). The molecular weight excluding hydrogens is 513 g/mol. The van der Waals surface area contributed by atoms with E-state index in [1.54, 1.807) is 4.90 Å². The Bertz CT molecular complexity index is 1240. The highest BCUT2D eigenvalue weighted by atomic mass is 19.4. The number of benzene rings is 2. The molecule has 7 nitrogen and oxygen atoms in total. The van der Waals surface area contributed by atoms with E-state index in [1.807, 2.05) is 0 Å². The molecule has 0 saturated carbocycles. The molecule has 1 aliphatic heterocycles. The first-order valence-corrected chi connectivity index (χ1v) is 11.0. The highest BCUT2D eigenvalue weighted by Gasteiger charge is 2.39. The molecule has 3 atom stereocenters. The van der Waals surface area contributed by atoms with Crippen molar-refractivity contribution in [2.75, 3.05) is 13.2 Å². The Kier molecular flexibility index (Phi) is 7.44. The Morgan fingerprint density at radius 3 is 2.24 bits per heavy atom. The van der Waals surface area contributed by atoms with Gasteiger partial charge in [-0.15, -0.1) is 0 Å². The van der Waals surface area contributed by atoms with Crippen LogP contribution in [0.5, 0.6) is 0 Å². The molecule has 0 bridgehead atoms. The summed E-state index contributed by atoms with van der Waals surface area (Å²) in [4.78, 5) is 15.7. The van der Waals surface area contributed by atoms with E-state index in [9.17, 15) is 35.5 Å². The maximum Gasteiger partial charge on any atom is 0.416 e. The van der Waals surface area contributed by atoms with Crippen molar-refractivity contribution in [2.45, 2.75) is 44.3 Å². The highest BCUT2D eigenvalue weighted by molar-refractivity contribution is 5.34. The number of halogens is 7. The van der Waals surface area contributed by atoms with Crippen LogP contribution in [0.4, 0.5) is 30.7 Å². The standard InChI is InChI=1S/C23H21F7N4O3/c1-12(14-8-15(22(25,26)27)10-16(9-14)23(28,29)30)37-20-19(13-2-4-17(24)5-3-13)34(6-7-36-20)11-18-31-21(35)33-32-18/h2-5,8-10,12,19-20H,6-7,11H2,1H3,(H2,31,32,33,35)/t12-,19-,20-/m0/s1. The molecule has 0 radical (unpaired) electrons. The topological polar surface area (TPSA) is 83.2 Å². The van der Waals surface area contributed by atoms with Gasteiger partial charge in [-0.3, -0.25) is 9.88 Å². The molecule has 1 saturated heterocycles. The molecule has 0 spiro atoms. The summed E-state index contributed by atoms with van der Waals surface area (Å²) < 4.78 is 105. The maximum absolute atomic E-state index is 13.6. The number of aromatic amines is 2. The zero-order valence-corrected chi connectivity index (χ0v) is 19.2. The van der Waals surface area contributed by atoms with Gasteiger partial charge in [0.25, 0.3) is 0 Å². The van der Waals surface area contributed by atoms with Crippen LogP contribution >= 0.6 is 0 Å². The average molecular weight is 534 g/mol. The number of alkyl halides is 6. The van der Waals surface area contributed by atoms with Crippen LogP contribution in [0.3, 0.4) is 0 Å². The molecule has 2 N–H and O–H groups in total. The van der Waals surface area contributed by atoms with E-state index in [2.05, 4.69) is 15.2 Å². The Morgan fingerprint density at radius 2 is 1.70 bits per heavy atom. The van der Waals surface area contributed by atoms with Crippen LogP contribution in [0.15, 0.2) is 47.3 Å². The number of nitrogens with zero attached hydrogens (tertiary/aromatic N) is 2. The quantitative estimate of drug-likeness (QED) is 0.438. The number of morpholine rings is 1. The minimum atomic E-state index is -5.01. The van der Waals surface area contributed by atoms with Gasteiger partial charge in [-0.25, -0.2) is 14.3 Å². The van der Waals surface area contributed by atoms with Crippen molar-refractivity contribution in [2.24, 2.45) is 0 Å². The lowest BCUT2D eigenvalue weighted by Gasteiger charge is -2.41. The Labute approximate surface area is 205 Å². The summed E-state index contributed by atoms with van der Waals surface area (Å²) in [7, 11) is 0. The van der Waals surface area contributed by atoms with E-state index in [4.69, 9.17) is 9.47 Å². The van der Waals surface area contributed by atoms with Crippen LogP contribution in [0.25, 0.3) is 0 Å². The zero-order valence-electron chi connectivity index (χ0n) is 19.2. The van der Waals surface area contributed by atoms with Gasteiger partial charge in [0.15, 0.2) is 6.29 Å². The maximum atomic E-state index is 13.6. The van der Waals surface area contributed by atoms with E-state index in [0.717, 1.165) is 0 Å². The van der Waals surface area contributed by atoms with Gasteiger partial charge in [0.2, 0.25) is 0 Å². The molecule has 0 unspecified atom stereocenters. The second-order valence-corrected chi connectivity index (χ2v) is 8.45. The van der Waals surface area contributed by atoms with Crippen LogP contribution in [-0.2, 0) is 28.4 Å². The molecule has 2 heterocycles. The van der Waals surface area contributed by atoms with E-state index in [0.29, 0.717) is 24.2 Å². The summed E-state index contributed by atoms with van der Waals surface area (Å²) in [6.07, 6.45) is -12.4. The Morgan fingerprint density at radius 1 is 1.08 bits per heavy atom. The molecule has 1 aliphatic rings. The van der Waals surface area contributed by atoms with Gasteiger partial charge >= 0.3 is 18.0 Å². The molecular formula is C23H21F7N4O3. The fourth-order valence-corrected chi connectivity index (χ4v) is 4.07. The van der Waals surface area contributed by atoms with Crippen LogP contribution in [0.1, 0.15) is 47.1 Å².